The Labute approximate surface area is 76.0 Å². The topological polar surface area (TPSA) is 69.6 Å². The molecule has 1 unspecified atom stereocenters. The first kappa shape index (κ1) is 9.57. The van der Waals surface area contributed by atoms with Crippen LogP contribution in [0.4, 0.5) is 4.79 Å². The predicted molar refractivity (Wildman–Crippen MR) is 46.3 cm³/mol. The van der Waals surface area contributed by atoms with Gasteiger partial charge in [0.05, 0.1) is 12.5 Å². The molecule has 1 heterocycles. The molecule has 13 heavy (non-hydrogen) atoms. The lowest BCUT2D eigenvalue weighted by Crippen LogP contribution is -2.35. The molecule has 0 bridgehead atoms. The molecule has 1 aliphatic heterocycles. The van der Waals surface area contributed by atoms with Gasteiger partial charge in [-0.3, -0.25) is 4.79 Å². The largest absolute Gasteiger partial charge is 0.481 e. The summed E-state index contributed by atoms with van der Waals surface area (Å²) in [6.45, 7) is 4.30. The van der Waals surface area contributed by atoms with Gasteiger partial charge in [0.1, 0.15) is 0 Å². The molecular formula is C8H12N2O3. The molecule has 5 nitrogen and oxygen atoms in total. The maximum Gasteiger partial charge on any atom is 0.318 e. The fourth-order valence-corrected chi connectivity index (χ4v) is 1.34. The van der Waals surface area contributed by atoms with Gasteiger partial charge >= 0.3 is 12.0 Å². The SMILES string of the molecule is C=CCN1C(=O)NCC1CC(=O)O. The molecule has 1 aliphatic rings. The lowest BCUT2D eigenvalue weighted by molar-refractivity contribution is -0.137. The lowest BCUT2D eigenvalue weighted by Gasteiger charge is -2.19. The van der Waals surface area contributed by atoms with E-state index in [1.54, 1.807) is 6.08 Å². The number of carboxylic acid groups (broad SMARTS) is 1. The summed E-state index contributed by atoms with van der Waals surface area (Å²) >= 11 is 0. The highest BCUT2D eigenvalue weighted by Crippen LogP contribution is 2.10. The number of carbonyl (C=O) groups excluding carboxylic acids is 1. The molecule has 0 radical (unpaired) electrons. The van der Waals surface area contributed by atoms with Crippen molar-refractivity contribution in [2.24, 2.45) is 0 Å². The Bertz CT molecular complexity index is 240. The maximum absolute atomic E-state index is 11.1. The summed E-state index contributed by atoms with van der Waals surface area (Å²) in [7, 11) is 0. The molecule has 0 aromatic heterocycles. The van der Waals surface area contributed by atoms with Crippen LogP contribution in [0.2, 0.25) is 0 Å². The van der Waals surface area contributed by atoms with E-state index in [0.717, 1.165) is 0 Å². The highest BCUT2D eigenvalue weighted by Gasteiger charge is 2.30. The molecule has 0 aromatic rings. The molecule has 1 fully saturated rings. The average Bonchev–Trinajstić information content (AvgIpc) is 2.35. The number of aliphatic carboxylic acids is 1. The molecule has 2 N–H and O–H groups in total. The molecule has 0 aromatic carbocycles. The van der Waals surface area contributed by atoms with Crippen LogP contribution in [-0.2, 0) is 4.79 Å². The smallest absolute Gasteiger partial charge is 0.318 e. The van der Waals surface area contributed by atoms with Gasteiger partial charge < -0.3 is 15.3 Å². The molecular weight excluding hydrogens is 172 g/mol. The predicted octanol–water partition coefficient (Wildman–Crippen LogP) is 0.0409. The minimum atomic E-state index is -0.893. The molecule has 5 heteroatoms. The standard InChI is InChI=1S/C8H12N2O3/c1-2-3-10-6(4-7(11)12)5-9-8(10)13/h2,6H,1,3-5H2,(H,9,13)(H,11,12). The van der Waals surface area contributed by atoms with Crippen LogP contribution in [0.15, 0.2) is 12.7 Å². The summed E-state index contributed by atoms with van der Waals surface area (Å²) in [5.41, 5.74) is 0. The number of nitrogens with one attached hydrogen (secondary N) is 1. The Morgan fingerprint density at radius 3 is 3.08 bits per heavy atom. The molecule has 1 rings (SSSR count). The molecule has 72 valence electrons. The number of rotatable bonds is 4. The van der Waals surface area contributed by atoms with E-state index in [9.17, 15) is 9.59 Å². The fourth-order valence-electron chi connectivity index (χ4n) is 1.34. The summed E-state index contributed by atoms with van der Waals surface area (Å²) in [4.78, 5) is 23.0. The van der Waals surface area contributed by atoms with Gasteiger partial charge in [0, 0.05) is 13.1 Å². The van der Waals surface area contributed by atoms with Crippen molar-refractivity contribution in [1.29, 1.82) is 0 Å². The number of amides is 2. The molecule has 0 spiro atoms. The van der Waals surface area contributed by atoms with Crippen LogP contribution in [0.1, 0.15) is 6.42 Å². The molecule has 0 aliphatic carbocycles. The third-order valence-electron chi connectivity index (χ3n) is 1.93. The molecule has 2 amide bonds. The fraction of sp³-hybridized carbons (Fsp3) is 0.500. The van der Waals surface area contributed by atoms with E-state index in [-0.39, 0.29) is 18.5 Å². The van der Waals surface area contributed by atoms with Crippen molar-refractivity contribution in [1.82, 2.24) is 10.2 Å². The van der Waals surface area contributed by atoms with E-state index in [4.69, 9.17) is 5.11 Å². The van der Waals surface area contributed by atoms with Gasteiger partial charge in [-0.05, 0) is 0 Å². The van der Waals surface area contributed by atoms with Crippen molar-refractivity contribution in [3.63, 3.8) is 0 Å². The van der Waals surface area contributed by atoms with Gasteiger partial charge in [-0.25, -0.2) is 4.79 Å². The van der Waals surface area contributed by atoms with E-state index in [1.165, 1.54) is 4.90 Å². The first-order valence-electron chi connectivity index (χ1n) is 4.02. The van der Waals surface area contributed by atoms with Gasteiger partial charge in [-0.15, -0.1) is 6.58 Å². The van der Waals surface area contributed by atoms with Crippen LogP contribution in [0.25, 0.3) is 0 Å². The van der Waals surface area contributed by atoms with Crippen LogP contribution in [0, 0.1) is 0 Å². The summed E-state index contributed by atoms with van der Waals surface area (Å²) in [6, 6.07) is -0.464. The van der Waals surface area contributed by atoms with Crippen LogP contribution in [0.5, 0.6) is 0 Å². The van der Waals surface area contributed by atoms with Gasteiger partial charge in [0.15, 0.2) is 0 Å². The Kier molecular flexibility index (Phi) is 2.89. The minimum Gasteiger partial charge on any atom is -0.481 e. The number of nitrogens with zero attached hydrogens (tertiary/aromatic N) is 1. The zero-order valence-corrected chi connectivity index (χ0v) is 7.19. The minimum absolute atomic E-state index is 0.0212. The second-order valence-corrected chi connectivity index (χ2v) is 2.88. The van der Waals surface area contributed by atoms with Crippen LogP contribution in [-0.4, -0.2) is 41.1 Å². The van der Waals surface area contributed by atoms with E-state index in [0.29, 0.717) is 13.1 Å². The number of urea groups is 1. The van der Waals surface area contributed by atoms with E-state index in [2.05, 4.69) is 11.9 Å². The van der Waals surface area contributed by atoms with Crippen molar-refractivity contribution in [3.8, 4) is 0 Å². The summed E-state index contributed by atoms with van der Waals surface area (Å²) < 4.78 is 0. The second kappa shape index (κ2) is 3.93. The average molecular weight is 184 g/mol. The van der Waals surface area contributed by atoms with Crippen LogP contribution >= 0.6 is 0 Å². The van der Waals surface area contributed by atoms with Crippen molar-refractivity contribution in [3.05, 3.63) is 12.7 Å². The maximum atomic E-state index is 11.1. The first-order chi connectivity index (χ1) is 6.15. The highest BCUT2D eigenvalue weighted by atomic mass is 16.4. The normalized spacial score (nSPS) is 21.4. The lowest BCUT2D eigenvalue weighted by atomic mass is 10.2. The van der Waals surface area contributed by atoms with Crippen molar-refractivity contribution in [2.45, 2.75) is 12.5 Å². The Morgan fingerprint density at radius 2 is 2.54 bits per heavy atom. The monoisotopic (exact) mass is 184 g/mol. The van der Waals surface area contributed by atoms with E-state index < -0.39 is 5.97 Å². The summed E-state index contributed by atoms with van der Waals surface area (Å²) in [5.74, 6) is -0.893. The summed E-state index contributed by atoms with van der Waals surface area (Å²) in [5, 5.41) is 11.1. The van der Waals surface area contributed by atoms with Crippen LogP contribution in [0.3, 0.4) is 0 Å². The van der Waals surface area contributed by atoms with E-state index in [1.807, 2.05) is 0 Å². The Balaban J connectivity index is 2.58. The Hall–Kier alpha value is -1.52. The molecule has 1 saturated heterocycles. The van der Waals surface area contributed by atoms with Crippen molar-refractivity contribution < 1.29 is 14.7 Å². The quantitative estimate of drug-likeness (QED) is 0.606. The third-order valence-corrected chi connectivity index (χ3v) is 1.93. The van der Waals surface area contributed by atoms with Crippen molar-refractivity contribution in [2.75, 3.05) is 13.1 Å². The van der Waals surface area contributed by atoms with Gasteiger partial charge in [-0.2, -0.15) is 0 Å². The first-order valence-corrected chi connectivity index (χ1v) is 4.02. The molecule has 1 atom stereocenters. The molecule has 0 saturated carbocycles. The Morgan fingerprint density at radius 1 is 1.85 bits per heavy atom. The number of hydrogen-bond acceptors (Lipinski definition) is 2. The summed E-state index contributed by atoms with van der Waals surface area (Å²) in [6.07, 6.45) is 1.56. The second-order valence-electron chi connectivity index (χ2n) is 2.88. The zero-order chi connectivity index (χ0) is 9.84. The van der Waals surface area contributed by atoms with Gasteiger partial charge in [0.2, 0.25) is 0 Å². The highest BCUT2D eigenvalue weighted by molar-refractivity contribution is 5.78. The number of carboxylic acids is 1. The number of hydrogen-bond donors (Lipinski definition) is 2. The number of carbonyl (C=O) groups is 2. The van der Waals surface area contributed by atoms with Crippen LogP contribution < -0.4 is 5.32 Å². The zero-order valence-electron chi connectivity index (χ0n) is 7.19. The van der Waals surface area contributed by atoms with E-state index >= 15 is 0 Å². The van der Waals surface area contributed by atoms with Gasteiger partial charge in [0.25, 0.3) is 0 Å². The van der Waals surface area contributed by atoms with Gasteiger partial charge in [-0.1, -0.05) is 6.08 Å². The van der Waals surface area contributed by atoms with Crippen molar-refractivity contribution >= 4 is 12.0 Å². The third kappa shape index (κ3) is 2.21.